The molecule has 5 heteroatoms. The van der Waals surface area contributed by atoms with Gasteiger partial charge in [0.2, 0.25) is 5.91 Å². The van der Waals surface area contributed by atoms with Crippen molar-refractivity contribution < 1.29 is 4.79 Å². The summed E-state index contributed by atoms with van der Waals surface area (Å²) in [5.74, 6) is 0.0399. The maximum atomic E-state index is 11.7. The highest BCUT2D eigenvalue weighted by Crippen LogP contribution is 2.16. The van der Waals surface area contributed by atoms with E-state index in [0.717, 1.165) is 11.3 Å². The van der Waals surface area contributed by atoms with Crippen LogP contribution in [0, 0.1) is 6.92 Å². The number of nitrogens with one attached hydrogen (secondary N) is 1. The Morgan fingerprint density at radius 3 is 2.71 bits per heavy atom. The SMILES string of the molecule is Cc1c(C(C)NC(=O)CCC(C)N)cnn1C. The van der Waals surface area contributed by atoms with Gasteiger partial charge in [0.05, 0.1) is 12.2 Å². The molecule has 1 aromatic heterocycles. The van der Waals surface area contributed by atoms with Crippen molar-refractivity contribution in [3.63, 3.8) is 0 Å². The summed E-state index contributed by atoms with van der Waals surface area (Å²) < 4.78 is 1.81. The van der Waals surface area contributed by atoms with E-state index in [1.165, 1.54) is 0 Å². The summed E-state index contributed by atoms with van der Waals surface area (Å²) in [6.07, 6.45) is 2.98. The number of rotatable bonds is 5. The monoisotopic (exact) mass is 238 g/mol. The van der Waals surface area contributed by atoms with Crippen molar-refractivity contribution in [3.05, 3.63) is 17.5 Å². The molecule has 0 aliphatic rings. The van der Waals surface area contributed by atoms with Gasteiger partial charge in [-0.1, -0.05) is 0 Å². The molecule has 0 spiro atoms. The molecule has 5 nitrogen and oxygen atoms in total. The number of hydrogen-bond acceptors (Lipinski definition) is 3. The first-order chi connectivity index (χ1) is 7.91. The number of carbonyl (C=O) groups excluding carboxylic acids is 1. The molecular weight excluding hydrogens is 216 g/mol. The molecule has 1 amide bonds. The summed E-state index contributed by atoms with van der Waals surface area (Å²) >= 11 is 0. The van der Waals surface area contributed by atoms with Gasteiger partial charge in [0, 0.05) is 30.8 Å². The smallest absolute Gasteiger partial charge is 0.220 e. The Balaban J connectivity index is 2.52. The Hall–Kier alpha value is -1.36. The number of aromatic nitrogens is 2. The van der Waals surface area contributed by atoms with Crippen LogP contribution in [0.2, 0.25) is 0 Å². The Bertz CT molecular complexity index is 384. The van der Waals surface area contributed by atoms with E-state index in [0.29, 0.717) is 12.8 Å². The molecular formula is C12H22N4O. The second-order valence-corrected chi connectivity index (χ2v) is 4.61. The van der Waals surface area contributed by atoms with Gasteiger partial charge >= 0.3 is 0 Å². The molecule has 0 fully saturated rings. The van der Waals surface area contributed by atoms with Gasteiger partial charge in [0.25, 0.3) is 0 Å². The first-order valence-electron chi connectivity index (χ1n) is 5.95. The minimum atomic E-state index is -0.00993. The maximum Gasteiger partial charge on any atom is 0.220 e. The molecule has 17 heavy (non-hydrogen) atoms. The van der Waals surface area contributed by atoms with Crippen LogP contribution >= 0.6 is 0 Å². The van der Waals surface area contributed by atoms with E-state index in [1.807, 2.05) is 27.8 Å². The number of nitrogens with zero attached hydrogens (tertiary/aromatic N) is 2. The third-order valence-electron chi connectivity index (χ3n) is 2.94. The van der Waals surface area contributed by atoms with Crippen LogP contribution in [0.3, 0.4) is 0 Å². The predicted octanol–water partition coefficient (Wildman–Crippen LogP) is 1.03. The van der Waals surface area contributed by atoms with Gasteiger partial charge in [-0.2, -0.15) is 5.10 Å². The molecule has 2 atom stereocenters. The molecule has 0 aliphatic carbocycles. The fourth-order valence-electron chi connectivity index (χ4n) is 1.69. The van der Waals surface area contributed by atoms with Gasteiger partial charge in [-0.15, -0.1) is 0 Å². The van der Waals surface area contributed by atoms with Gasteiger partial charge in [0.1, 0.15) is 0 Å². The lowest BCUT2D eigenvalue weighted by Crippen LogP contribution is -2.28. The number of nitrogens with two attached hydrogens (primary N) is 1. The number of carbonyl (C=O) groups is 1. The first-order valence-corrected chi connectivity index (χ1v) is 5.95. The van der Waals surface area contributed by atoms with Crippen LogP contribution in [0.1, 0.15) is 44.0 Å². The van der Waals surface area contributed by atoms with E-state index in [4.69, 9.17) is 5.73 Å². The zero-order chi connectivity index (χ0) is 13.0. The van der Waals surface area contributed by atoms with Gasteiger partial charge < -0.3 is 11.1 Å². The van der Waals surface area contributed by atoms with Crippen LogP contribution in [0.25, 0.3) is 0 Å². The van der Waals surface area contributed by atoms with E-state index in [-0.39, 0.29) is 18.0 Å². The molecule has 1 rings (SSSR count). The first kappa shape index (κ1) is 13.7. The van der Waals surface area contributed by atoms with Crippen LogP contribution in [-0.4, -0.2) is 21.7 Å². The summed E-state index contributed by atoms with van der Waals surface area (Å²) in [5.41, 5.74) is 7.75. The van der Waals surface area contributed by atoms with Crippen LogP contribution in [0.15, 0.2) is 6.20 Å². The van der Waals surface area contributed by atoms with Crippen molar-refractivity contribution in [1.29, 1.82) is 0 Å². The molecule has 0 bridgehead atoms. The molecule has 0 aromatic carbocycles. The Morgan fingerprint density at radius 2 is 2.24 bits per heavy atom. The van der Waals surface area contributed by atoms with Crippen molar-refractivity contribution in [2.75, 3.05) is 0 Å². The maximum absolute atomic E-state index is 11.7. The number of hydrogen-bond donors (Lipinski definition) is 2. The van der Waals surface area contributed by atoms with Crippen LogP contribution in [0.5, 0.6) is 0 Å². The Morgan fingerprint density at radius 1 is 1.59 bits per heavy atom. The fraction of sp³-hybridized carbons (Fsp3) is 0.667. The lowest BCUT2D eigenvalue weighted by atomic mass is 10.1. The quantitative estimate of drug-likeness (QED) is 0.804. The average molecular weight is 238 g/mol. The molecule has 96 valence electrons. The van der Waals surface area contributed by atoms with E-state index in [1.54, 1.807) is 10.9 Å². The summed E-state index contributed by atoms with van der Waals surface area (Å²) in [5, 5.41) is 7.12. The minimum Gasteiger partial charge on any atom is -0.349 e. The number of amides is 1. The number of aryl methyl sites for hydroxylation is 1. The van der Waals surface area contributed by atoms with Gasteiger partial charge in [-0.3, -0.25) is 9.48 Å². The summed E-state index contributed by atoms with van der Waals surface area (Å²) in [7, 11) is 1.89. The lowest BCUT2D eigenvalue weighted by molar-refractivity contribution is -0.121. The Kier molecular flexibility index (Phi) is 4.69. The standard InChI is InChI=1S/C12H22N4O/c1-8(13)5-6-12(17)15-9(2)11-7-14-16(4)10(11)3/h7-9H,5-6,13H2,1-4H3,(H,15,17). The minimum absolute atomic E-state index is 0.00993. The molecule has 2 unspecified atom stereocenters. The molecule has 0 saturated heterocycles. The van der Waals surface area contributed by atoms with Crippen molar-refractivity contribution in [2.45, 2.75) is 45.7 Å². The average Bonchev–Trinajstić information content (AvgIpc) is 2.57. The summed E-state index contributed by atoms with van der Waals surface area (Å²) in [6.45, 7) is 5.86. The highest BCUT2D eigenvalue weighted by Gasteiger charge is 2.14. The molecule has 3 N–H and O–H groups in total. The van der Waals surface area contributed by atoms with Crippen LogP contribution < -0.4 is 11.1 Å². The van der Waals surface area contributed by atoms with Gasteiger partial charge in [-0.25, -0.2) is 0 Å². The lowest BCUT2D eigenvalue weighted by Gasteiger charge is -2.14. The van der Waals surface area contributed by atoms with E-state index < -0.39 is 0 Å². The molecule has 0 radical (unpaired) electrons. The summed E-state index contributed by atoms with van der Waals surface area (Å²) in [6, 6.07) is 0.0560. The predicted molar refractivity (Wildman–Crippen MR) is 67.4 cm³/mol. The van der Waals surface area contributed by atoms with E-state index in [2.05, 4.69) is 10.4 Å². The van der Waals surface area contributed by atoms with Gasteiger partial charge in [0.15, 0.2) is 0 Å². The van der Waals surface area contributed by atoms with Gasteiger partial charge in [-0.05, 0) is 27.2 Å². The molecule has 1 aromatic rings. The van der Waals surface area contributed by atoms with Crippen LogP contribution in [0.4, 0.5) is 0 Å². The van der Waals surface area contributed by atoms with Crippen molar-refractivity contribution in [1.82, 2.24) is 15.1 Å². The zero-order valence-corrected chi connectivity index (χ0v) is 11.0. The zero-order valence-electron chi connectivity index (χ0n) is 11.0. The van der Waals surface area contributed by atoms with Crippen molar-refractivity contribution >= 4 is 5.91 Å². The van der Waals surface area contributed by atoms with Crippen molar-refractivity contribution in [2.24, 2.45) is 12.8 Å². The fourth-order valence-corrected chi connectivity index (χ4v) is 1.69. The second kappa shape index (κ2) is 5.82. The normalized spacial score (nSPS) is 14.4. The van der Waals surface area contributed by atoms with E-state index >= 15 is 0 Å². The largest absolute Gasteiger partial charge is 0.349 e. The van der Waals surface area contributed by atoms with Crippen LogP contribution in [-0.2, 0) is 11.8 Å². The van der Waals surface area contributed by atoms with Crippen molar-refractivity contribution in [3.8, 4) is 0 Å². The summed E-state index contributed by atoms with van der Waals surface area (Å²) in [4.78, 5) is 11.7. The molecule has 1 heterocycles. The third-order valence-corrected chi connectivity index (χ3v) is 2.94. The molecule has 0 aliphatic heterocycles. The Labute approximate surface area is 102 Å². The highest BCUT2D eigenvalue weighted by molar-refractivity contribution is 5.76. The highest BCUT2D eigenvalue weighted by atomic mass is 16.1. The van der Waals surface area contributed by atoms with E-state index in [9.17, 15) is 4.79 Å². The topological polar surface area (TPSA) is 72.9 Å². The molecule has 0 saturated carbocycles. The third kappa shape index (κ3) is 3.85. The second-order valence-electron chi connectivity index (χ2n) is 4.61.